The first kappa shape index (κ1) is 14.9. The number of ether oxygens (including phenoxy) is 1. The molecule has 0 aromatic carbocycles. The van der Waals surface area contributed by atoms with E-state index in [2.05, 4.69) is 10.4 Å². The summed E-state index contributed by atoms with van der Waals surface area (Å²) in [5.74, 6) is -0.388. The number of carbonyl (C=O) groups is 1. The number of hydrogen-bond donors (Lipinski definition) is 2. The fourth-order valence-corrected chi connectivity index (χ4v) is 2.92. The SMILES string of the molecule is COC1(CC(=O)Nc2nn(C)cc2S(N)(=O)=O)CCC1. The molecule has 0 spiro atoms. The van der Waals surface area contributed by atoms with Crippen molar-refractivity contribution in [2.24, 2.45) is 12.2 Å². The number of primary sulfonamides is 1. The lowest BCUT2D eigenvalue weighted by atomic mass is 9.77. The van der Waals surface area contributed by atoms with Gasteiger partial charge in [-0.15, -0.1) is 0 Å². The average molecular weight is 302 g/mol. The van der Waals surface area contributed by atoms with Crippen molar-refractivity contribution in [1.82, 2.24) is 9.78 Å². The molecule has 0 atom stereocenters. The van der Waals surface area contributed by atoms with Crippen molar-refractivity contribution in [2.75, 3.05) is 12.4 Å². The number of sulfonamides is 1. The van der Waals surface area contributed by atoms with Crippen LogP contribution in [0.2, 0.25) is 0 Å². The summed E-state index contributed by atoms with van der Waals surface area (Å²) in [5.41, 5.74) is -0.430. The second kappa shape index (κ2) is 5.15. The van der Waals surface area contributed by atoms with E-state index in [1.807, 2.05) is 0 Å². The minimum atomic E-state index is -3.93. The topological polar surface area (TPSA) is 116 Å². The molecule has 1 aromatic rings. The third kappa shape index (κ3) is 3.00. The van der Waals surface area contributed by atoms with E-state index in [9.17, 15) is 13.2 Å². The highest BCUT2D eigenvalue weighted by molar-refractivity contribution is 7.89. The normalized spacial score (nSPS) is 17.6. The minimum Gasteiger partial charge on any atom is -0.378 e. The summed E-state index contributed by atoms with van der Waals surface area (Å²) in [6, 6.07) is 0. The Labute approximate surface area is 117 Å². The largest absolute Gasteiger partial charge is 0.378 e. The van der Waals surface area contributed by atoms with Crippen LogP contribution in [0.5, 0.6) is 0 Å². The summed E-state index contributed by atoms with van der Waals surface area (Å²) < 4.78 is 29.4. The lowest BCUT2D eigenvalue weighted by molar-refractivity contribution is -0.129. The van der Waals surface area contributed by atoms with Crippen molar-refractivity contribution in [3.05, 3.63) is 6.20 Å². The molecule has 0 saturated heterocycles. The summed E-state index contributed by atoms with van der Waals surface area (Å²) in [6.07, 6.45) is 4.08. The summed E-state index contributed by atoms with van der Waals surface area (Å²) in [4.78, 5) is 11.8. The van der Waals surface area contributed by atoms with Crippen LogP contribution in [-0.4, -0.2) is 36.8 Å². The van der Waals surface area contributed by atoms with Gasteiger partial charge in [0.2, 0.25) is 15.9 Å². The molecule has 1 amide bonds. The number of aromatic nitrogens is 2. The van der Waals surface area contributed by atoms with Crippen molar-refractivity contribution >= 4 is 21.7 Å². The number of aryl methyl sites for hydroxylation is 1. The number of methoxy groups -OCH3 is 1. The predicted molar refractivity (Wildman–Crippen MR) is 71.4 cm³/mol. The smallest absolute Gasteiger partial charge is 0.243 e. The van der Waals surface area contributed by atoms with Gasteiger partial charge in [-0.3, -0.25) is 9.48 Å². The van der Waals surface area contributed by atoms with Gasteiger partial charge in [-0.25, -0.2) is 13.6 Å². The average Bonchev–Trinajstić information content (AvgIpc) is 2.64. The van der Waals surface area contributed by atoms with Crippen LogP contribution >= 0.6 is 0 Å². The van der Waals surface area contributed by atoms with Crippen molar-refractivity contribution in [3.63, 3.8) is 0 Å². The van der Waals surface area contributed by atoms with Gasteiger partial charge < -0.3 is 10.1 Å². The number of nitrogens with zero attached hydrogens (tertiary/aromatic N) is 2. The van der Waals surface area contributed by atoms with Gasteiger partial charge in [0.1, 0.15) is 4.90 Å². The van der Waals surface area contributed by atoms with Crippen molar-refractivity contribution in [1.29, 1.82) is 0 Å². The lowest BCUT2D eigenvalue weighted by Crippen LogP contribution is -2.42. The highest BCUT2D eigenvalue weighted by Gasteiger charge is 2.39. The third-order valence-corrected chi connectivity index (χ3v) is 4.45. The molecule has 20 heavy (non-hydrogen) atoms. The standard InChI is InChI=1S/C11H18N4O4S/c1-15-7-8(20(12,17)18)10(14-15)13-9(16)6-11(19-2)4-3-5-11/h7H,3-6H2,1-2H3,(H2,12,17,18)(H,13,14,16). The van der Waals surface area contributed by atoms with Gasteiger partial charge in [0.25, 0.3) is 0 Å². The van der Waals surface area contributed by atoms with Crippen molar-refractivity contribution < 1.29 is 17.9 Å². The van der Waals surface area contributed by atoms with E-state index < -0.39 is 15.6 Å². The molecule has 0 radical (unpaired) electrons. The molecule has 0 unspecified atom stereocenters. The zero-order chi connectivity index (χ0) is 15.0. The second-order valence-corrected chi connectivity index (χ2v) is 6.56. The van der Waals surface area contributed by atoms with E-state index in [-0.39, 0.29) is 23.0 Å². The molecule has 1 heterocycles. The maximum absolute atomic E-state index is 12.0. The molecular weight excluding hydrogens is 284 g/mol. The Morgan fingerprint density at radius 3 is 2.70 bits per heavy atom. The van der Waals surface area contributed by atoms with Crippen LogP contribution in [0.3, 0.4) is 0 Å². The fraction of sp³-hybridized carbons (Fsp3) is 0.636. The monoisotopic (exact) mass is 302 g/mol. The summed E-state index contributed by atoms with van der Waals surface area (Å²) in [7, 11) is -0.807. The van der Waals surface area contributed by atoms with E-state index in [4.69, 9.17) is 9.88 Å². The molecule has 3 N–H and O–H groups in total. The number of nitrogens with one attached hydrogen (secondary N) is 1. The first-order valence-electron chi connectivity index (χ1n) is 6.17. The third-order valence-electron chi connectivity index (χ3n) is 3.54. The Balaban J connectivity index is 2.12. The minimum absolute atomic E-state index is 0.0504. The Bertz CT molecular complexity index is 613. The lowest BCUT2D eigenvalue weighted by Gasteiger charge is -2.39. The zero-order valence-corrected chi connectivity index (χ0v) is 12.2. The molecule has 1 fully saturated rings. The van der Waals surface area contributed by atoms with Gasteiger partial charge in [-0.05, 0) is 19.3 Å². The molecule has 2 rings (SSSR count). The van der Waals surface area contributed by atoms with E-state index in [0.717, 1.165) is 19.3 Å². The quantitative estimate of drug-likeness (QED) is 0.792. The summed E-state index contributed by atoms with van der Waals surface area (Å²) >= 11 is 0. The van der Waals surface area contributed by atoms with Gasteiger partial charge in [-0.2, -0.15) is 5.10 Å². The Kier molecular flexibility index (Phi) is 3.85. The van der Waals surface area contributed by atoms with Gasteiger partial charge in [0.05, 0.1) is 12.0 Å². The highest BCUT2D eigenvalue weighted by atomic mass is 32.2. The molecule has 8 nitrogen and oxygen atoms in total. The fourth-order valence-electron chi connectivity index (χ4n) is 2.25. The number of nitrogens with two attached hydrogens (primary N) is 1. The second-order valence-electron chi connectivity index (χ2n) is 5.03. The number of hydrogen-bond acceptors (Lipinski definition) is 5. The van der Waals surface area contributed by atoms with Crippen LogP contribution in [0.1, 0.15) is 25.7 Å². The van der Waals surface area contributed by atoms with E-state index in [1.54, 1.807) is 14.2 Å². The molecule has 112 valence electrons. The molecule has 1 aliphatic rings. The van der Waals surface area contributed by atoms with Gasteiger partial charge in [-0.1, -0.05) is 0 Å². The Morgan fingerprint density at radius 2 is 2.25 bits per heavy atom. The number of anilines is 1. The van der Waals surface area contributed by atoms with Crippen LogP contribution in [-0.2, 0) is 26.6 Å². The van der Waals surface area contributed by atoms with Crippen LogP contribution < -0.4 is 10.5 Å². The zero-order valence-electron chi connectivity index (χ0n) is 11.4. The maximum atomic E-state index is 12.0. The van der Waals surface area contributed by atoms with Crippen LogP contribution in [0.25, 0.3) is 0 Å². The van der Waals surface area contributed by atoms with Crippen LogP contribution in [0, 0.1) is 0 Å². The maximum Gasteiger partial charge on any atom is 0.243 e. The van der Waals surface area contributed by atoms with E-state index >= 15 is 0 Å². The van der Waals surface area contributed by atoms with Crippen molar-refractivity contribution in [3.8, 4) is 0 Å². The van der Waals surface area contributed by atoms with Gasteiger partial charge in [0.15, 0.2) is 5.82 Å². The van der Waals surface area contributed by atoms with E-state index in [1.165, 1.54) is 10.9 Å². The molecule has 0 aliphatic heterocycles. The number of amides is 1. The molecule has 1 saturated carbocycles. The first-order valence-corrected chi connectivity index (χ1v) is 7.72. The number of carbonyl (C=O) groups excluding carboxylic acids is 1. The highest BCUT2D eigenvalue weighted by Crippen LogP contribution is 2.38. The van der Waals surface area contributed by atoms with E-state index in [0.29, 0.717) is 0 Å². The Hall–Kier alpha value is -1.45. The van der Waals surface area contributed by atoms with Crippen LogP contribution in [0.4, 0.5) is 5.82 Å². The summed E-state index contributed by atoms with van der Waals surface area (Å²) in [5, 5.41) is 11.5. The van der Waals surface area contributed by atoms with Crippen LogP contribution in [0.15, 0.2) is 11.1 Å². The first-order chi connectivity index (χ1) is 9.26. The molecule has 0 bridgehead atoms. The molecule has 1 aliphatic carbocycles. The predicted octanol–water partition coefficient (Wildman–Crippen LogP) is -0.0348. The molecular formula is C11H18N4O4S. The molecule has 9 heteroatoms. The van der Waals surface area contributed by atoms with Crippen molar-refractivity contribution in [2.45, 2.75) is 36.2 Å². The Morgan fingerprint density at radius 1 is 1.60 bits per heavy atom. The van der Waals surface area contributed by atoms with Gasteiger partial charge >= 0.3 is 0 Å². The summed E-state index contributed by atoms with van der Waals surface area (Å²) in [6.45, 7) is 0. The molecule has 1 aromatic heterocycles. The van der Waals surface area contributed by atoms with Gasteiger partial charge in [0, 0.05) is 20.4 Å². The number of rotatable bonds is 5.